The number of nitrogens with one attached hydrogen (secondary N) is 1. The topological polar surface area (TPSA) is 86.7 Å². The average molecular weight is 306 g/mol. The molecule has 0 bridgehead atoms. The maximum atomic E-state index is 12.0. The molecule has 1 aromatic rings. The fourth-order valence-corrected chi connectivity index (χ4v) is 3.47. The molecular formula is C11H18N2O4S2. The highest BCUT2D eigenvalue weighted by molar-refractivity contribution is 7.91. The van der Waals surface area contributed by atoms with Crippen LogP contribution in [0.2, 0.25) is 0 Å². The van der Waals surface area contributed by atoms with Gasteiger partial charge in [-0.2, -0.15) is 0 Å². The van der Waals surface area contributed by atoms with Gasteiger partial charge in [-0.15, -0.1) is 11.3 Å². The van der Waals surface area contributed by atoms with Crippen LogP contribution in [0.5, 0.6) is 0 Å². The summed E-state index contributed by atoms with van der Waals surface area (Å²) in [7, 11) is 0.0650. The Bertz CT molecular complexity index is 561. The number of hydrogen-bond donors (Lipinski definition) is 2. The van der Waals surface area contributed by atoms with Crippen LogP contribution in [0.1, 0.15) is 24.2 Å². The Hall–Kier alpha value is -0.960. The number of carboxylic acids is 1. The number of aromatic carboxylic acids is 1. The van der Waals surface area contributed by atoms with Crippen LogP contribution in [-0.4, -0.2) is 50.6 Å². The first kappa shape index (κ1) is 16.1. The van der Waals surface area contributed by atoms with Gasteiger partial charge in [0.2, 0.25) is 10.0 Å². The first-order chi connectivity index (χ1) is 8.56. The van der Waals surface area contributed by atoms with Crippen molar-refractivity contribution in [3.05, 3.63) is 17.0 Å². The molecule has 0 aliphatic rings. The molecule has 0 radical (unpaired) electrons. The van der Waals surface area contributed by atoms with Crippen LogP contribution in [0.25, 0.3) is 0 Å². The van der Waals surface area contributed by atoms with Crippen molar-refractivity contribution < 1.29 is 18.3 Å². The Morgan fingerprint density at radius 1 is 1.47 bits per heavy atom. The highest BCUT2D eigenvalue weighted by Gasteiger charge is 2.25. The lowest BCUT2D eigenvalue weighted by Crippen LogP contribution is -2.48. The van der Waals surface area contributed by atoms with Crippen molar-refractivity contribution in [2.24, 2.45) is 0 Å². The van der Waals surface area contributed by atoms with Gasteiger partial charge in [0.15, 0.2) is 0 Å². The van der Waals surface area contributed by atoms with Crippen LogP contribution in [0, 0.1) is 0 Å². The van der Waals surface area contributed by atoms with E-state index in [1.165, 1.54) is 5.38 Å². The van der Waals surface area contributed by atoms with E-state index in [9.17, 15) is 13.2 Å². The average Bonchev–Trinajstić information content (AvgIpc) is 2.76. The fourth-order valence-electron chi connectivity index (χ4n) is 1.07. The summed E-state index contributed by atoms with van der Waals surface area (Å²) in [6.07, 6.45) is 0. The third-order valence-corrected chi connectivity index (χ3v) is 5.83. The van der Waals surface area contributed by atoms with Crippen LogP contribution < -0.4 is 4.72 Å². The minimum absolute atomic E-state index is 0.0134. The third-order valence-electron chi connectivity index (χ3n) is 2.99. The zero-order chi connectivity index (χ0) is 14.8. The quantitative estimate of drug-likeness (QED) is 0.821. The lowest BCUT2D eigenvalue weighted by Gasteiger charge is -2.32. The van der Waals surface area contributed by atoms with Gasteiger partial charge in [-0.1, -0.05) is 0 Å². The standard InChI is InChI=1S/C11H18N2O4S2/c1-11(2,13(3)4)7-12-19(16,17)9-5-8(6-18-9)10(14)15/h5-6,12H,7H2,1-4H3,(H,14,15). The molecule has 1 rings (SSSR count). The molecule has 1 aromatic heterocycles. The second-order valence-electron chi connectivity index (χ2n) is 4.99. The third kappa shape index (κ3) is 4.00. The van der Waals surface area contributed by atoms with Crippen molar-refractivity contribution >= 4 is 27.3 Å². The van der Waals surface area contributed by atoms with Crippen molar-refractivity contribution in [3.8, 4) is 0 Å². The van der Waals surface area contributed by atoms with Gasteiger partial charge < -0.3 is 10.0 Å². The van der Waals surface area contributed by atoms with Gasteiger partial charge >= 0.3 is 5.97 Å². The van der Waals surface area contributed by atoms with E-state index >= 15 is 0 Å². The van der Waals surface area contributed by atoms with Gasteiger partial charge in [0.25, 0.3) is 0 Å². The summed E-state index contributed by atoms with van der Waals surface area (Å²) >= 11 is 0.899. The molecule has 8 heteroatoms. The second kappa shape index (κ2) is 5.58. The molecule has 0 unspecified atom stereocenters. The Kier molecular flexibility index (Phi) is 4.72. The van der Waals surface area contributed by atoms with Gasteiger partial charge in [0, 0.05) is 17.5 Å². The summed E-state index contributed by atoms with van der Waals surface area (Å²) in [4.78, 5) is 12.6. The minimum atomic E-state index is -3.66. The molecule has 0 saturated heterocycles. The summed E-state index contributed by atoms with van der Waals surface area (Å²) in [6, 6.07) is 1.16. The second-order valence-corrected chi connectivity index (χ2v) is 7.90. The van der Waals surface area contributed by atoms with Crippen LogP contribution in [0.3, 0.4) is 0 Å². The van der Waals surface area contributed by atoms with Crippen molar-refractivity contribution in [1.29, 1.82) is 0 Å². The molecule has 0 aromatic carbocycles. The van der Waals surface area contributed by atoms with Gasteiger partial charge in [0.05, 0.1) is 5.56 Å². The summed E-state index contributed by atoms with van der Waals surface area (Å²) in [5.74, 6) is -1.13. The molecule has 19 heavy (non-hydrogen) atoms. The normalized spacial score (nSPS) is 12.9. The van der Waals surface area contributed by atoms with Crippen molar-refractivity contribution in [2.45, 2.75) is 23.6 Å². The summed E-state index contributed by atoms with van der Waals surface area (Å²) in [5.41, 5.74) is -0.350. The largest absolute Gasteiger partial charge is 0.478 e. The first-order valence-corrected chi connectivity index (χ1v) is 7.91. The number of thiophene rings is 1. The van der Waals surface area contributed by atoms with E-state index < -0.39 is 16.0 Å². The number of likely N-dealkylation sites (N-methyl/N-ethyl adjacent to an activating group) is 1. The molecule has 0 saturated carbocycles. The van der Waals surface area contributed by atoms with E-state index in [2.05, 4.69) is 4.72 Å². The summed E-state index contributed by atoms with van der Waals surface area (Å²) < 4.78 is 26.6. The molecule has 0 amide bonds. The number of carbonyl (C=O) groups is 1. The van der Waals surface area contributed by atoms with Crippen LogP contribution in [0.15, 0.2) is 15.7 Å². The number of sulfonamides is 1. The molecule has 2 N–H and O–H groups in total. The number of nitrogens with zero attached hydrogens (tertiary/aromatic N) is 1. The fraction of sp³-hybridized carbons (Fsp3) is 0.545. The maximum absolute atomic E-state index is 12.0. The van der Waals surface area contributed by atoms with E-state index in [0.29, 0.717) is 0 Å². The van der Waals surface area contributed by atoms with E-state index in [-0.39, 0.29) is 21.9 Å². The smallest absolute Gasteiger partial charge is 0.336 e. The minimum Gasteiger partial charge on any atom is -0.478 e. The molecule has 0 atom stereocenters. The van der Waals surface area contributed by atoms with Crippen molar-refractivity contribution in [3.63, 3.8) is 0 Å². The van der Waals surface area contributed by atoms with E-state index in [0.717, 1.165) is 17.4 Å². The Morgan fingerprint density at radius 3 is 2.47 bits per heavy atom. The molecule has 6 nitrogen and oxygen atoms in total. The van der Waals surface area contributed by atoms with Crippen molar-refractivity contribution in [1.82, 2.24) is 9.62 Å². The van der Waals surface area contributed by atoms with Crippen molar-refractivity contribution in [2.75, 3.05) is 20.6 Å². The maximum Gasteiger partial charge on any atom is 0.336 e. The highest BCUT2D eigenvalue weighted by atomic mass is 32.2. The van der Waals surface area contributed by atoms with Gasteiger partial charge in [-0.3, -0.25) is 0 Å². The molecule has 0 fully saturated rings. The number of hydrogen-bond acceptors (Lipinski definition) is 5. The van der Waals surface area contributed by atoms with Gasteiger partial charge in [0.1, 0.15) is 4.21 Å². The SMILES string of the molecule is CN(C)C(C)(C)CNS(=O)(=O)c1cc(C(=O)O)cs1. The Balaban J connectivity index is 2.84. The summed E-state index contributed by atoms with van der Waals surface area (Å²) in [5, 5.41) is 10.1. The van der Waals surface area contributed by atoms with Crippen LogP contribution >= 0.6 is 11.3 Å². The van der Waals surface area contributed by atoms with Gasteiger partial charge in [-0.05, 0) is 34.0 Å². The predicted octanol–water partition coefficient (Wildman–Crippen LogP) is 1.06. The molecule has 0 spiro atoms. The zero-order valence-electron chi connectivity index (χ0n) is 11.3. The molecule has 108 valence electrons. The Morgan fingerprint density at radius 2 is 2.05 bits per heavy atom. The molecule has 0 aliphatic heterocycles. The summed E-state index contributed by atoms with van der Waals surface area (Å²) in [6.45, 7) is 4.06. The molecule has 0 aliphatic carbocycles. The molecule has 1 heterocycles. The van der Waals surface area contributed by atoms with Gasteiger partial charge in [-0.25, -0.2) is 17.9 Å². The zero-order valence-corrected chi connectivity index (χ0v) is 12.9. The van der Waals surface area contributed by atoms with E-state index in [4.69, 9.17) is 5.11 Å². The lowest BCUT2D eigenvalue weighted by molar-refractivity contribution is 0.0697. The molecular weight excluding hydrogens is 288 g/mol. The Labute approximate surface area is 117 Å². The van der Waals surface area contributed by atoms with E-state index in [1.54, 1.807) is 0 Å². The number of carboxylic acid groups (broad SMARTS) is 1. The monoisotopic (exact) mass is 306 g/mol. The lowest BCUT2D eigenvalue weighted by atomic mass is 10.1. The van der Waals surface area contributed by atoms with E-state index in [1.807, 2.05) is 32.8 Å². The number of rotatable bonds is 6. The van der Waals surface area contributed by atoms with Crippen LogP contribution in [0.4, 0.5) is 0 Å². The first-order valence-electron chi connectivity index (χ1n) is 5.55. The van der Waals surface area contributed by atoms with Crippen LogP contribution in [-0.2, 0) is 10.0 Å². The highest BCUT2D eigenvalue weighted by Crippen LogP contribution is 2.20. The predicted molar refractivity (Wildman–Crippen MR) is 74.2 cm³/mol.